The van der Waals surface area contributed by atoms with Gasteiger partial charge in [-0.05, 0) is 25.0 Å². The Hall–Kier alpha value is -1.35. The van der Waals surface area contributed by atoms with Crippen LogP contribution < -0.4 is 5.73 Å². The van der Waals surface area contributed by atoms with Crippen LogP contribution >= 0.6 is 0 Å². The first-order chi connectivity index (χ1) is 6.57. The summed E-state index contributed by atoms with van der Waals surface area (Å²) in [5, 5.41) is 9.62. The maximum Gasteiger partial charge on any atom is 0.131 e. The molecule has 1 aromatic rings. The van der Waals surface area contributed by atoms with Gasteiger partial charge in [0.1, 0.15) is 11.6 Å². The third kappa shape index (κ3) is 1.93. The minimum atomic E-state index is -0.535. The summed E-state index contributed by atoms with van der Waals surface area (Å²) >= 11 is 0. The molecular formula is C11H14FNO. The molecule has 0 saturated heterocycles. The van der Waals surface area contributed by atoms with E-state index in [1.807, 2.05) is 0 Å². The number of aromatic hydroxyl groups is 1. The molecule has 0 aliphatic heterocycles. The van der Waals surface area contributed by atoms with Gasteiger partial charge in [0.2, 0.25) is 0 Å². The normalized spacial score (nSPS) is 12.5. The van der Waals surface area contributed by atoms with Crippen molar-refractivity contribution < 1.29 is 9.50 Å². The standard InChI is InChI=1S/C11H14FNO/c1-3-4-9(13)10-8(12)6-5-7(2)11(10)14/h3,5-6,9,14H,1,4,13H2,2H3/t9-/m1/s1. The van der Waals surface area contributed by atoms with Crippen molar-refractivity contribution in [2.75, 3.05) is 0 Å². The Labute approximate surface area is 82.9 Å². The first-order valence-corrected chi connectivity index (χ1v) is 4.42. The van der Waals surface area contributed by atoms with Crippen molar-refractivity contribution in [3.8, 4) is 5.75 Å². The lowest BCUT2D eigenvalue weighted by Crippen LogP contribution is -2.11. The van der Waals surface area contributed by atoms with Crippen LogP contribution in [0.5, 0.6) is 5.75 Å². The molecule has 1 aromatic carbocycles. The maximum atomic E-state index is 13.3. The Balaban J connectivity index is 3.17. The van der Waals surface area contributed by atoms with E-state index in [0.29, 0.717) is 12.0 Å². The van der Waals surface area contributed by atoms with Gasteiger partial charge < -0.3 is 10.8 Å². The zero-order chi connectivity index (χ0) is 10.7. The molecular weight excluding hydrogens is 181 g/mol. The van der Waals surface area contributed by atoms with E-state index < -0.39 is 11.9 Å². The number of benzene rings is 1. The monoisotopic (exact) mass is 195 g/mol. The largest absolute Gasteiger partial charge is 0.507 e. The van der Waals surface area contributed by atoms with Crippen molar-refractivity contribution in [2.45, 2.75) is 19.4 Å². The lowest BCUT2D eigenvalue weighted by atomic mass is 10.0. The van der Waals surface area contributed by atoms with Crippen LogP contribution in [-0.4, -0.2) is 5.11 Å². The van der Waals surface area contributed by atoms with Crippen LogP contribution in [0.4, 0.5) is 4.39 Å². The average Bonchev–Trinajstić information content (AvgIpc) is 2.13. The Morgan fingerprint density at radius 1 is 1.64 bits per heavy atom. The van der Waals surface area contributed by atoms with Crippen LogP contribution in [0.3, 0.4) is 0 Å². The van der Waals surface area contributed by atoms with E-state index in [0.717, 1.165) is 0 Å². The summed E-state index contributed by atoms with van der Waals surface area (Å²) in [6.45, 7) is 5.23. The maximum absolute atomic E-state index is 13.3. The van der Waals surface area contributed by atoms with Gasteiger partial charge in [0.15, 0.2) is 0 Å². The lowest BCUT2D eigenvalue weighted by Gasteiger charge is -2.14. The summed E-state index contributed by atoms with van der Waals surface area (Å²) in [7, 11) is 0. The smallest absolute Gasteiger partial charge is 0.131 e. The van der Waals surface area contributed by atoms with E-state index in [4.69, 9.17) is 5.73 Å². The van der Waals surface area contributed by atoms with Crippen molar-refractivity contribution in [1.82, 2.24) is 0 Å². The van der Waals surface area contributed by atoms with Crippen LogP contribution in [0.15, 0.2) is 24.8 Å². The molecule has 76 valence electrons. The van der Waals surface area contributed by atoms with Crippen molar-refractivity contribution in [2.24, 2.45) is 5.73 Å². The van der Waals surface area contributed by atoms with Crippen LogP contribution in [-0.2, 0) is 0 Å². The molecule has 3 N–H and O–H groups in total. The highest BCUT2D eigenvalue weighted by atomic mass is 19.1. The summed E-state index contributed by atoms with van der Waals surface area (Å²) in [5.41, 5.74) is 6.50. The molecule has 0 radical (unpaired) electrons. The summed E-state index contributed by atoms with van der Waals surface area (Å²) in [6, 6.07) is 2.30. The molecule has 0 heterocycles. The first kappa shape index (κ1) is 10.7. The molecule has 0 aliphatic carbocycles. The van der Waals surface area contributed by atoms with Crippen LogP contribution in [0.2, 0.25) is 0 Å². The molecule has 1 rings (SSSR count). The number of nitrogens with two attached hydrogens (primary N) is 1. The third-order valence-electron chi connectivity index (χ3n) is 2.16. The average molecular weight is 195 g/mol. The predicted molar refractivity (Wildman–Crippen MR) is 54.5 cm³/mol. The summed E-state index contributed by atoms with van der Waals surface area (Å²) in [4.78, 5) is 0. The fourth-order valence-corrected chi connectivity index (χ4v) is 1.34. The summed E-state index contributed by atoms with van der Waals surface area (Å²) in [5.74, 6) is -0.526. The second-order valence-corrected chi connectivity index (χ2v) is 3.26. The molecule has 0 amide bonds. The van der Waals surface area contributed by atoms with E-state index >= 15 is 0 Å². The minimum absolute atomic E-state index is 0.0562. The number of rotatable bonds is 3. The van der Waals surface area contributed by atoms with Crippen LogP contribution in [0.1, 0.15) is 23.6 Å². The minimum Gasteiger partial charge on any atom is -0.507 e. The number of hydrogen-bond donors (Lipinski definition) is 2. The second kappa shape index (κ2) is 4.24. The van der Waals surface area contributed by atoms with Gasteiger partial charge in [-0.25, -0.2) is 4.39 Å². The Morgan fingerprint density at radius 3 is 2.86 bits per heavy atom. The van der Waals surface area contributed by atoms with Gasteiger partial charge in [0, 0.05) is 11.6 Å². The molecule has 0 aromatic heterocycles. The van der Waals surface area contributed by atoms with Gasteiger partial charge in [-0.1, -0.05) is 12.1 Å². The molecule has 14 heavy (non-hydrogen) atoms. The van der Waals surface area contributed by atoms with Gasteiger partial charge in [-0.15, -0.1) is 6.58 Å². The number of aryl methyl sites for hydroxylation is 1. The zero-order valence-corrected chi connectivity index (χ0v) is 8.13. The molecule has 0 bridgehead atoms. The van der Waals surface area contributed by atoms with Crippen molar-refractivity contribution in [3.63, 3.8) is 0 Å². The number of hydrogen-bond acceptors (Lipinski definition) is 2. The first-order valence-electron chi connectivity index (χ1n) is 4.42. The number of halogens is 1. The molecule has 0 unspecified atom stereocenters. The quantitative estimate of drug-likeness (QED) is 0.727. The highest BCUT2D eigenvalue weighted by molar-refractivity contribution is 5.42. The molecule has 0 fully saturated rings. The summed E-state index contributed by atoms with van der Waals surface area (Å²) in [6.07, 6.45) is 2.04. The van der Waals surface area contributed by atoms with E-state index in [-0.39, 0.29) is 11.3 Å². The predicted octanol–water partition coefficient (Wildman–Crippen LogP) is 2.42. The highest BCUT2D eigenvalue weighted by Gasteiger charge is 2.16. The highest BCUT2D eigenvalue weighted by Crippen LogP contribution is 2.30. The van der Waals surface area contributed by atoms with Gasteiger partial charge in [0.25, 0.3) is 0 Å². The van der Waals surface area contributed by atoms with Crippen LogP contribution in [0, 0.1) is 12.7 Å². The van der Waals surface area contributed by atoms with Crippen molar-refractivity contribution in [1.29, 1.82) is 0 Å². The Morgan fingerprint density at radius 2 is 2.29 bits per heavy atom. The fourth-order valence-electron chi connectivity index (χ4n) is 1.34. The van der Waals surface area contributed by atoms with Gasteiger partial charge in [0.05, 0.1) is 0 Å². The molecule has 2 nitrogen and oxygen atoms in total. The number of phenols is 1. The molecule has 3 heteroatoms. The topological polar surface area (TPSA) is 46.2 Å². The van der Waals surface area contributed by atoms with Crippen LogP contribution in [0.25, 0.3) is 0 Å². The van der Waals surface area contributed by atoms with Gasteiger partial charge >= 0.3 is 0 Å². The molecule has 0 saturated carbocycles. The van der Waals surface area contributed by atoms with E-state index in [1.165, 1.54) is 12.1 Å². The van der Waals surface area contributed by atoms with Crippen molar-refractivity contribution in [3.05, 3.63) is 41.7 Å². The van der Waals surface area contributed by atoms with Gasteiger partial charge in [-0.2, -0.15) is 0 Å². The lowest BCUT2D eigenvalue weighted by molar-refractivity contribution is 0.445. The van der Waals surface area contributed by atoms with Crippen molar-refractivity contribution >= 4 is 0 Å². The Bertz CT molecular complexity index is 349. The molecule has 0 spiro atoms. The van der Waals surface area contributed by atoms with E-state index in [1.54, 1.807) is 13.0 Å². The van der Waals surface area contributed by atoms with Gasteiger partial charge in [-0.3, -0.25) is 0 Å². The SMILES string of the molecule is C=CC[C@@H](N)c1c(F)ccc(C)c1O. The van der Waals surface area contributed by atoms with E-state index in [2.05, 4.69) is 6.58 Å². The molecule has 0 aliphatic rings. The fraction of sp³-hybridized carbons (Fsp3) is 0.273. The second-order valence-electron chi connectivity index (χ2n) is 3.26. The Kier molecular flexibility index (Phi) is 3.25. The number of phenolic OH excluding ortho intramolecular Hbond substituents is 1. The zero-order valence-electron chi connectivity index (χ0n) is 8.13. The summed E-state index contributed by atoms with van der Waals surface area (Å²) < 4.78 is 13.3. The van der Waals surface area contributed by atoms with E-state index in [9.17, 15) is 9.50 Å². The molecule has 1 atom stereocenters. The third-order valence-corrected chi connectivity index (χ3v) is 2.16.